The molecule has 1 aromatic carbocycles. The maximum Gasteiger partial charge on any atom is 0.138 e. The molecule has 5 heteroatoms. The molecular weight excluding hydrogens is 300 g/mol. The van der Waals surface area contributed by atoms with Crippen LogP contribution in [0, 0.1) is 6.92 Å². The molecule has 0 unspecified atom stereocenters. The molecule has 110 valence electrons. The summed E-state index contributed by atoms with van der Waals surface area (Å²) in [7, 11) is 0. The van der Waals surface area contributed by atoms with E-state index < -0.39 is 5.97 Å². The number of carboxylic acids is 1. The number of hydrogen-bond acceptors (Lipinski definition) is 3. The van der Waals surface area contributed by atoms with Crippen LogP contribution in [0.1, 0.15) is 11.3 Å². The van der Waals surface area contributed by atoms with Gasteiger partial charge in [-0.15, -0.1) is 0 Å². The summed E-state index contributed by atoms with van der Waals surface area (Å²) in [4.78, 5) is 15.3. The third-order valence-electron chi connectivity index (χ3n) is 3.32. The number of carboxylic acid groups (broad SMARTS) is 1. The molecule has 0 amide bonds. The second-order valence-electron chi connectivity index (χ2n) is 4.94. The molecule has 2 heterocycles. The quantitative estimate of drug-likeness (QED) is 0.699. The third kappa shape index (κ3) is 2.73. The minimum Gasteiger partial charge on any atom is -0.545 e. The van der Waals surface area contributed by atoms with Crippen molar-refractivity contribution in [1.82, 2.24) is 9.38 Å². The van der Waals surface area contributed by atoms with E-state index in [2.05, 4.69) is 4.98 Å². The molecule has 3 rings (SSSR count). The Hall–Kier alpha value is -2.59. The van der Waals surface area contributed by atoms with Gasteiger partial charge < -0.3 is 9.90 Å². The second kappa shape index (κ2) is 5.66. The summed E-state index contributed by atoms with van der Waals surface area (Å²) in [5.41, 5.74) is 4.08. The SMILES string of the molecule is Cc1ccc(-c2nc3ccc(Cl)cn3c2/C=C/C(=O)[O-])cc1. The van der Waals surface area contributed by atoms with E-state index in [0.29, 0.717) is 22.1 Å². The summed E-state index contributed by atoms with van der Waals surface area (Å²) in [6.45, 7) is 2.00. The van der Waals surface area contributed by atoms with Gasteiger partial charge in [0.1, 0.15) is 5.65 Å². The number of halogens is 1. The van der Waals surface area contributed by atoms with Gasteiger partial charge in [0.15, 0.2) is 0 Å². The monoisotopic (exact) mass is 311 g/mol. The molecule has 0 bridgehead atoms. The highest BCUT2D eigenvalue weighted by Gasteiger charge is 2.12. The van der Waals surface area contributed by atoms with Crippen LogP contribution in [0.4, 0.5) is 0 Å². The van der Waals surface area contributed by atoms with Crippen molar-refractivity contribution >= 4 is 29.3 Å². The summed E-state index contributed by atoms with van der Waals surface area (Å²) in [5, 5.41) is 11.3. The number of aryl methyl sites for hydroxylation is 1. The van der Waals surface area contributed by atoms with Crippen LogP contribution < -0.4 is 5.11 Å². The number of hydrogen-bond donors (Lipinski definition) is 0. The van der Waals surface area contributed by atoms with Gasteiger partial charge in [-0.25, -0.2) is 4.98 Å². The molecule has 0 fully saturated rings. The van der Waals surface area contributed by atoms with Gasteiger partial charge in [-0.2, -0.15) is 0 Å². The lowest BCUT2D eigenvalue weighted by atomic mass is 10.1. The Kier molecular flexibility index (Phi) is 3.69. The number of carbonyl (C=O) groups is 1. The van der Waals surface area contributed by atoms with Crippen LogP contribution in [-0.2, 0) is 4.79 Å². The molecule has 0 aliphatic rings. The second-order valence-corrected chi connectivity index (χ2v) is 5.38. The van der Waals surface area contributed by atoms with Crippen molar-refractivity contribution in [2.45, 2.75) is 6.92 Å². The minimum atomic E-state index is -1.26. The Bertz CT molecular complexity index is 880. The molecule has 22 heavy (non-hydrogen) atoms. The number of benzene rings is 1. The molecule has 0 saturated carbocycles. The first-order chi connectivity index (χ1) is 10.5. The van der Waals surface area contributed by atoms with Crippen molar-refractivity contribution in [2.75, 3.05) is 0 Å². The van der Waals surface area contributed by atoms with Gasteiger partial charge in [0, 0.05) is 11.8 Å². The van der Waals surface area contributed by atoms with Crippen LogP contribution in [0.2, 0.25) is 5.02 Å². The van der Waals surface area contributed by atoms with Gasteiger partial charge in [0.2, 0.25) is 0 Å². The van der Waals surface area contributed by atoms with E-state index >= 15 is 0 Å². The van der Waals surface area contributed by atoms with Crippen molar-refractivity contribution in [3.8, 4) is 11.3 Å². The average molecular weight is 312 g/mol. The lowest BCUT2D eigenvalue weighted by molar-refractivity contribution is -0.297. The number of fused-ring (bicyclic) bond motifs is 1. The van der Waals surface area contributed by atoms with E-state index in [9.17, 15) is 9.90 Å². The first kappa shape index (κ1) is 14.4. The maximum absolute atomic E-state index is 10.7. The number of aromatic nitrogens is 2. The lowest BCUT2D eigenvalue weighted by Gasteiger charge is -2.02. The van der Waals surface area contributed by atoms with Gasteiger partial charge in [-0.3, -0.25) is 4.40 Å². The normalized spacial score (nSPS) is 11.4. The predicted octanol–water partition coefficient (Wildman–Crippen LogP) is 2.73. The first-order valence-electron chi connectivity index (χ1n) is 6.68. The molecule has 0 aliphatic carbocycles. The van der Waals surface area contributed by atoms with Gasteiger partial charge in [0.05, 0.1) is 22.4 Å². The van der Waals surface area contributed by atoms with E-state index in [-0.39, 0.29) is 0 Å². The average Bonchev–Trinajstić information content (AvgIpc) is 2.83. The first-order valence-corrected chi connectivity index (χ1v) is 7.06. The van der Waals surface area contributed by atoms with Crippen molar-refractivity contribution in [2.24, 2.45) is 0 Å². The molecule has 0 atom stereocenters. The molecule has 3 aromatic rings. The summed E-state index contributed by atoms with van der Waals surface area (Å²) in [5.74, 6) is -1.26. The maximum atomic E-state index is 10.7. The summed E-state index contributed by atoms with van der Waals surface area (Å²) >= 11 is 6.03. The van der Waals surface area contributed by atoms with Crippen LogP contribution in [0.5, 0.6) is 0 Å². The fourth-order valence-electron chi connectivity index (χ4n) is 2.27. The molecule has 2 aromatic heterocycles. The van der Waals surface area contributed by atoms with Crippen LogP contribution in [0.3, 0.4) is 0 Å². The predicted molar refractivity (Wildman–Crippen MR) is 84.4 cm³/mol. The Labute approximate surface area is 132 Å². The molecule has 0 aliphatic heterocycles. The standard InChI is InChI=1S/C17H13ClN2O2/c1-11-2-4-12(5-3-11)17-14(7-9-16(21)22)20-10-13(18)6-8-15(20)19-17/h2-10H,1H3,(H,21,22)/p-1/b9-7+. The van der Waals surface area contributed by atoms with Crippen LogP contribution in [-0.4, -0.2) is 15.4 Å². The third-order valence-corrected chi connectivity index (χ3v) is 3.55. The molecule has 0 N–H and O–H groups in total. The van der Waals surface area contributed by atoms with Crippen molar-refractivity contribution < 1.29 is 9.90 Å². The van der Waals surface area contributed by atoms with Crippen molar-refractivity contribution in [3.63, 3.8) is 0 Å². The fourth-order valence-corrected chi connectivity index (χ4v) is 2.43. The van der Waals surface area contributed by atoms with Crippen LogP contribution >= 0.6 is 11.6 Å². The minimum absolute atomic E-state index is 0.545. The Morgan fingerprint density at radius 1 is 1.23 bits per heavy atom. The van der Waals surface area contributed by atoms with E-state index in [1.807, 2.05) is 31.2 Å². The van der Waals surface area contributed by atoms with Crippen molar-refractivity contribution in [1.29, 1.82) is 0 Å². The van der Waals surface area contributed by atoms with E-state index in [1.54, 1.807) is 22.7 Å². The van der Waals surface area contributed by atoms with E-state index in [1.165, 1.54) is 6.08 Å². The molecular formula is C17H12ClN2O2-. The number of imidazole rings is 1. The zero-order valence-corrected chi connectivity index (χ0v) is 12.5. The highest BCUT2D eigenvalue weighted by atomic mass is 35.5. The van der Waals surface area contributed by atoms with Gasteiger partial charge >= 0.3 is 0 Å². The number of aliphatic carboxylic acids is 1. The summed E-state index contributed by atoms with van der Waals surface area (Å²) in [6, 6.07) is 11.4. The largest absolute Gasteiger partial charge is 0.545 e. The zero-order valence-electron chi connectivity index (χ0n) is 11.8. The Morgan fingerprint density at radius 2 is 1.95 bits per heavy atom. The van der Waals surface area contributed by atoms with Crippen LogP contribution in [0.15, 0.2) is 48.7 Å². The number of rotatable bonds is 3. The van der Waals surface area contributed by atoms with Gasteiger partial charge in [-0.1, -0.05) is 41.4 Å². The zero-order chi connectivity index (χ0) is 15.7. The number of carbonyl (C=O) groups excluding carboxylic acids is 1. The fraction of sp³-hybridized carbons (Fsp3) is 0.0588. The highest BCUT2D eigenvalue weighted by Crippen LogP contribution is 2.27. The molecule has 0 radical (unpaired) electrons. The smallest absolute Gasteiger partial charge is 0.138 e. The Morgan fingerprint density at radius 3 is 2.64 bits per heavy atom. The van der Waals surface area contributed by atoms with E-state index in [4.69, 9.17) is 11.6 Å². The molecule has 0 spiro atoms. The highest BCUT2D eigenvalue weighted by molar-refractivity contribution is 6.30. The topological polar surface area (TPSA) is 57.4 Å². The van der Waals surface area contributed by atoms with Gasteiger partial charge in [0.25, 0.3) is 0 Å². The lowest BCUT2D eigenvalue weighted by Crippen LogP contribution is -2.18. The number of nitrogens with zero attached hydrogens (tertiary/aromatic N) is 2. The van der Waals surface area contributed by atoms with Gasteiger partial charge in [-0.05, 0) is 31.2 Å². The van der Waals surface area contributed by atoms with Crippen LogP contribution in [0.25, 0.3) is 23.0 Å². The summed E-state index contributed by atoms with van der Waals surface area (Å²) < 4.78 is 1.76. The van der Waals surface area contributed by atoms with Crippen molar-refractivity contribution in [3.05, 3.63) is 65.0 Å². The Balaban J connectivity index is 2.26. The summed E-state index contributed by atoms with van der Waals surface area (Å²) in [6.07, 6.45) is 4.17. The van der Waals surface area contributed by atoms with E-state index in [0.717, 1.165) is 17.2 Å². The molecule has 0 saturated heterocycles. The molecule has 4 nitrogen and oxygen atoms in total. The number of pyridine rings is 1.